The van der Waals surface area contributed by atoms with E-state index in [-0.39, 0.29) is 30.2 Å². The van der Waals surface area contributed by atoms with Gasteiger partial charge >= 0.3 is 0 Å². The molecule has 1 aliphatic carbocycles. The molecule has 166 valence electrons. The average molecular weight is 433 g/mol. The third-order valence-electron chi connectivity index (χ3n) is 5.86. The van der Waals surface area contributed by atoms with Crippen LogP contribution in [0.15, 0.2) is 77.4 Å². The molecule has 1 N–H and O–H groups in total. The Morgan fingerprint density at radius 1 is 1.06 bits per heavy atom. The molecule has 0 aliphatic heterocycles. The number of hydrogen-bond acceptors (Lipinski definition) is 4. The van der Waals surface area contributed by atoms with Gasteiger partial charge in [-0.1, -0.05) is 55.3 Å². The summed E-state index contributed by atoms with van der Waals surface area (Å²) in [6, 6.07) is 19.6. The molecule has 4 rings (SSSR count). The lowest BCUT2D eigenvalue weighted by Crippen LogP contribution is -2.45. The van der Waals surface area contributed by atoms with Crippen LogP contribution >= 0.6 is 0 Å². The van der Waals surface area contributed by atoms with Crippen molar-refractivity contribution in [2.45, 2.75) is 44.3 Å². The Balaban J connectivity index is 1.72. The number of furan rings is 1. The molecule has 0 bridgehead atoms. The summed E-state index contributed by atoms with van der Waals surface area (Å²) in [5, 5.41) is 3.18. The third-order valence-corrected chi connectivity index (χ3v) is 5.86. The maximum absolute atomic E-state index is 13.6. The molecule has 1 aromatic heterocycles. The van der Waals surface area contributed by atoms with Gasteiger partial charge in [-0.25, -0.2) is 0 Å². The molecule has 1 heterocycles. The average Bonchev–Trinajstić information content (AvgIpc) is 3.54. The standard InChI is InChI=1S/C26H28N2O4/c1-31-22-14-7-9-19(17-22)18-28(26(30)23-15-8-16-32-23)24(20-10-3-2-4-11-20)25(29)27-21-12-5-6-13-21/h2-4,7-11,14-17,21,24H,5-6,12-13,18H2,1H3,(H,27,29). The lowest BCUT2D eigenvalue weighted by Gasteiger charge is -2.32. The number of rotatable bonds is 8. The van der Waals surface area contributed by atoms with Gasteiger partial charge in [0.05, 0.1) is 13.4 Å². The van der Waals surface area contributed by atoms with Gasteiger partial charge in [-0.15, -0.1) is 0 Å². The normalized spacial score (nSPS) is 14.7. The van der Waals surface area contributed by atoms with Gasteiger partial charge in [0.25, 0.3) is 5.91 Å². The van der Waals surface area contributed by atoms with Crippen molar-refractivity contribution < 1.29 is 18.7 Å². The van der Waals surface area contributed by atoms with Crippen molar-refractivity contribution in [3.63, 3.8) is 0 Å². The lowest BCUT2D eigenvalue weighted by atomic mass is 10.0. The number of ether oxygens (including phenoxy) is 1. The number of nitrogens with one attached hydrogen (secondary N) is 1. The fourth-order valence-corrected chi connectivity index (χ4v) is 4.25. The van der Waals surface area contributed by atoms with Crippen LogP contribution in [-0.4, -0.2) is 29.9 Å². The molecule has 0 spiro atoms. The Morgan fingerprint density at radius 3 is 2.53 bits per heavy atom. The van der Waals surface area contributed by atoms with Gasteiger partial charge in [-0.2, -0.15) is 0 Å². The second-order valence-corrected chi connectivity index (χ2v) is 8.07. The summed E-state index contributed by atoms with van der Waals surface area (Å²) >= 11 is 0. The zero-order valence-electron chi connectivity index (χ0n) is 18.2. The summed E-state index contributed by atoms with van der Waals surface area (Å²) < 4.78 is 10.8. The first-order valence-corrected chi connectivity index (χ1v) is 11.0. The van der Waals surface area contributed by atoms with E-state index in [0.29, 0.717) is 5.75 Å². The van der Waals surface area contributed by atoms with Crippen LogP contribution in [0.2, 0.25) is 0 Å². The van der Waals surface area contributed by atoms with E-state index < -0.39 is 6.04 Å². The predicted octanol–water partition coefficient (Wildman–Crippen LogP) is 4.73. The highest BCUT2D eigenvalue weighted by Crippen LogP contribution is 2.28. The molecular formula is C26H28N2O4. The lowest BCUT2D eigenvalue weighted by molar-refractivity contribution is -0.126. The quantitative estimate of drug-likeness (QED) is 0.559. The van der Waals surface area contributed by atoms with Crippen molar-refractivity contribution in [1.82, 2.24) is 10.2 Å². The minimum Gasteiger partial charge on any atom is -0.497 e. The van der Waals surface area contributed by atoms with Crippen LogP contribution in [-0.2, 0) is 11.3 Å². The molecular weight excluding hydrogens is 404 g/mol. The molecule has 0 saturated heterocycles. The van der Waals surface area contributed by atoms with Crippen molar-refractivity contribution in [2.75, 3.05) is 7.11 Å². The summed E-state index contributed by atoms with van der Waals surface area (Å²) in [6.07, 6.45) is 5.62. The molecule has 1 aliphatic rings. The highest BCUT2D eigenvalue weighted by atomic mass is 16.5. The van der Waals surface area contributed by atoms with Gasteiger partial charge < -0.3 is 19.4 Å². The predicted molar refractivity (Wildman–Crippen MR) is 121 cm³/mol. The highest BCUT2D eigenvalue weighted by Gasteiger charge is 2.34. The van der Waals surface area contributed by atoms with E-state index in [1.165, 1.54) is 6.26 Å². The van der Waals surface area contributed by atoms with Crippen molar-refractivity contribution in [1.29, 1.82) is 0 Å². The summed E-state index contributed by atoms with van der Waals surface area (Å²) in [5.41, 5.74) is 1.62. The molecule has 2 aromatic carbocycles. The van der Waals surface area contributed by atoms with Gasteiger partial charge in [0, 0.05) is 12.6 Å². The van der Waals surface area contributed by atoms with Crippen LogP contribution in [0.25, 0.3) is 0 Å². The van der Waals surface area contributed by atoms with Crippen LogP contribution in [0.5, 0.6) is 5.75 Å². The molecule has 0 radical (unpaired) electrons. The second-order valence-electron chi connectivity index (χ2n) is 8.07. The summed E-state index contributed by atoms with van der Waals surface area (Å²) in [7, 11) is 1.60. The Hall–Kier alpha value is -3.54. The molecule has 3 aromatic rings. The SMILES string of the molecule is COc1cccc(CN(C(=O)c2ccco2)C(C(=O)NC2CCCC2)c2ccccc2)c1. The number of methoxy groups -OCH3 is 1. The monoisotopic (exact) mass is 432 g/mol. The molecule has 6 nitrogen and oxygen atoms in total. The Labute approximate surface area is 188 Å². The maximum Gasteiger partial charge on any atom is 0.290 e. The third kappa shape index (κ3) is 5.02. The van der Waals surface area contributed by atoms with Crippen molar-refractivity contribution in [2.24, 2.45) is 0 Å². The maximum atomic E-state index is 13.6. The van der Waals surface area contributed by atoms with Crippen LogP contribution in [0, 0.1) is 0 Å². The molecule has 1 unspecified atom stereocenters. The number of nitrogens with zero attached hydrogens (tertiary/aromatic N) is 1. The molecule has 32 heavy (non-hydrogen) atoms. The largest absolute Gasteiger partial charge is 0.497 e. The van der Waals surface area contributed by atoms with Crippen LogP contribution in [0.1, 0.15) is 53.4 Å². The molecule has 6 heteroatoms. The first-order chi connectivity index (χ1) is 15.7. The van der Waals surface area contributed by atoms with Crippen LogP contribution in [0.3, 0.4) is 0 Å². The Kier molecular flexibility index (Phi) is 6.90. The first kappa shape index (κ1) is 21.7. The molecule has 1 fully saturated rings. The molecule has 1 atom stereocenters. The number of benzene rings is 2. The summed E-state index contributed by atoms with van der Waals surface area (Å²) in [5.74, 6) is 0.376. The Morgan fingerprint density at radius 2 is 1.84 bits per heavy atom. The summed E-state index contributed by atoms with van der Waals surface area (Å²) in [6.45, 7) is 0.231. The van der Waals surface area contributed by atoms with E-state index in [1.807, 2.05) is 54.6 Å². The number of amides is 2. The Bertz CT molecular complexity index is 1030. The van der Waals surface area contributed by atoms with Gasteiger partial charge in [-0.3, -0.25) is 9.59 Å². The number of hydrogen-bond donors (Lipinski definition) is 1. The van der Waals surface area contributed by atoms with E-state index in [0.717, 1.165) is 36.8 Å². The van der Waals surface area contributed by atoms with Crippen LogP contribution < -0.4 is 10.1 Å². The second kappa shape index (κ2) is 10.2. The highest BCUT2D eigenvalue weighted by molar-refractivity contribution is 5.96. The van der Waals surface area contributed by atoms with Crippen molar-refractivity contribution >= 4 is 11.8 Å². The van der Waals surface area contributed by atoms with E-state index in [1.54, 1.807) is 24.1 Å². The molecule has 2 amide bonds. The van der Waals surface area contributed by atoms with E-state index in [9.17, 15) is 9.59 Å². The van der Waals surface area contributed by atoms with E-state index in [2.05, 4.69) is 5.32 Å². The zero-order chi connectivity index (χ0) is 22.3. The van der Waals surface area contributed by atoms with Crippen molar-refractivity contribution in [3.05, 3.63) is 89.9 Å². The van der Waals surface area contributed by atoms with Gasteiger partial charge in [0.15, 0.2) is 5.76 Å². The minimum atomic E-state index is -0.791. The van der Waals surface area contributed by atoms with Crippen molar-refractivity contribution in [3.8, 4) is 5.75 Å². The zero-order valence-corrected chi connectivity index (χ0v) is 18.2. The fraction of sp³-hybridized carbons (Fsp3) is 0.308. The van der Waals surface area contributed by atoms with E-state index in [4.69, 9.17) is 9.15 Å². The smallest absolute Gasteiger partial charge is 0.290 e. The number of carbonyl (C=O) groups excluding carboxylic acids is 2. The summed E-state index contributed by atoms with van der Waals surface area (Å²) in [4.78, 5) is 28.7. The minimum absolute atomic E-state index is 0.145. The van der Waals surface area contributed by atoms with Crippen LogP contribution in [0.4, 0.5) is 0 Å². The van der Waals surface area contributed by atoms with E-state index >= 15 is 0 Å². The molecule has 1 saturated carbocycles. The number of carbonyl (C=O) groups is 2. The topological polar surface area (TPSA) is 71.8 Å². The first-order valence-electron chi connectivity index (χ1n) is 11.0. The fourth-order valence-electron chi connectivity index (χ4n) is 4.25. The van der Waals surface area contributed by atoms with Gasteiger partial charge in [0.1, 0.15) is 11.8 Å². The van der Waals surface area contributed by atoms with Gasteiger partial charge in [0.2, 0.25) is 5.91 Å². The van der Waals surface area contributed by atoms with Gasteiger partial charge in [-0.05, 0) is 48.2 Å².